The van der Waals surface area contributed by atoms with Crippen molar-refractivity contribution in [2.45, 2.75) is 6.54 Å². The van der Waals surface area contributed by atoms with Crippen LogP contribution in [0.2, 0.25) is 5.15 Å². The van der Waals surface area contributed by atoms with Crippen molar-refractivity contribution < 1.29 is 9.47 Å². The topological polar surface area (TPSA) is 67.2 Å². The molecule has 1 aromatic carbocycles. The molecule has 7 heteroatoms. The zero-order chi connectivity index (χ0) is 13.9. The maximum Gasteiger partial charge on any atom is 0.162 e. The molecule has 1 aliphatic rings. The van der Waals surface area contributed by atoms with Gasteiger partial charge in [-0.3, -0.25) is 0 Å². The molecule has 0 saturated heterocycles. The van der Waals surface area contributed by atoms with Crippen molar-refractivity contribution in [2.24, 2.45) is 0 Å². The Labute approximate surface area is 124 Å². The van der Waals surface area contributed by atoms with Crippen LogP contribution in [-0.2, 0) is 6.54 Å². The average Bonchev–Trinajstić information content (AvgIpc) is 2.85. The van der Waals surface area contributed by atoms with Crippen molar-refractivity contribution >= 4 is 28.1 Å². The van der Waals surface area contributed by atoms with Gasteiger partial charge in [0.25, 0.3) is 0 Å². The van der Waals surface area contributed by atoms with Crippen LogP contribution in [0.4, 0.5) is 5.00 Å². The molecule has 0 spiro atoms. The second kappa shape index (κ2) is 5.57. The predicted octanol–water partition coefficient (Wildman–Crippen LogP) is 3.05. The van der Waals surface area contributed by atoms with Crippen molar-refractivity contribution in [2.75, 3.05) is 18.5 Å². The first kappa shape index (κ1) is 13.0. The van der Waals surface area contributed by atoms with Gasteiger partial charge in [0, 0.05) is 6.54 Å². The number of hydrogen-bond donors (Lipinski definition) is 1. The Hall–Kier alpha value is -1.97. The van der Waals surface area contributed by atoms with Gasteiger partial charge in [-0.15, -0.1) is 0 Å². The van der Waals surface area contributed by atoms with E-state index < -0.39 is 0 Å². The van der Waals surface area contributed by atoms with Crippen molar-refractivity contribution in [3.05, 3.63) is 34.5 Å². The lowest BCUT2D eigenvalue weighted by Gasteiger charge is -2.18. The van der Waals surface area contributed by atoms with E-state index in [0.717, 1.165) is 17.1 Å². The Morgan fingerprint density at radius 3 is 2.95 bits per heavy atom. The maximum atomic E-state index is 9.00. The molecule has 0 saturated carbocycles. The second-order valence-electron chi connectivity index (χ2n) is 4.12. The molecule has 2 aromatic rings. The fraction of sp³-hybridized carbons (Fsp3) is 0.231. The molecule has 1 aromatic heterocycles. The zero-order valence-corrected chi connectivity index (χ0v) is 11.9. The Morgan fingerprint density at radius 2 is 2.15 bits per heavy atom. The van der Waals surface area contributed by atoms with Crippen LogP contribution in [-0.4, -0.2) is 17.6 Å². The molecule has 0 fully saturated rings. The van der Waals surface area contributed by atoms with E-state index in [4.69, 9.17) is 26.3 Å². The van der Waals surface area contributed by atoms with Gasteiger partial charge in [0.1, 0.15) is 29.8 Å². The van der Waals surface area contributed by atoms with Crippen LogP contribution >= 0.6 is 23.1 Å². The average molecular weight is 308 g/mol. The minimum atomic E-state index is 0.238. The molecule has 102 valence electrons. The highest BCUT2D eigenvalue weighted by Gasteiger charge is 2.13. The third-order valence-electron chi connectivity index (χ3n) is 2.82. The van der Waals surface area contributed by atoms with E-state index in [1.165, 1.54) is 11.5 Å². The van der Waals surface area contributed by atoms with Crippen LogP contribution in [0, 0.1) is 11.3 Å². The number of aromatic nitrogens is 1. The third-order valence-corrected chi connectivity index (χ3v) is 4.00. The monoisotopic (exact) mass is 307 g/mol. The fourth-order valence-electron chi connectivity index (χ4n) is 1.87. The molecule has 5 nitrogen and oxygen atoms in total. The Morgan fingerprint density at radius 1 is 1.35 bits per heavy atom. The first-order valence-corrected chi connectivity index (χ1v) is 7.10. The van der Waals surface area contributed by atoms with Crippen LogP contribution < -0.4 is 14.8 Å². The molecule has 0 aliphatic carbocycles. The Bertz CT molecular complexity index is 681. The summed E-state index contributed by atoms with van der Waals surface area (Å²) in [6.45, 7) is 1.70. The summed E-state index contributed by atoms with van der Waals surface area (Å²) in [5, 5.41) is 13.1. The van der Waals surface area contributed by atoms with E-state index in [2.05, 4.69) is 9.69 Å². The molecular weight excluding hydrogens is 298 g/mol. The number of nitriles is 1. The largest absolute Gasteiger partial charge is 0.486 e. The molecule has 2 heterocycles. The van der Waals surface area contributed by atoms with E-state index in [1.807, 2.05) is 24.3 Å². The van der Waals surface area contributed by atoms with Gasteiger partial charge in [0.05, 0.1) is 0 Å². The molecule has 3 rings (SSSR count). The number of ether oxygens (including phenoxy) is 2. The van der Waals surface area contributed by atoms with E-state index in [1.54, 1.807) is 0 Å². The van der Waals surface area contributed by atoms with E-state index >= 15 is 0 Å². The lowest BCUT2D eigenvalue weighted by atomic mass is 10.2. The number of fused-ring (bicyclic) bond motifs is 1. The zero-order valence-electron chi connectivity index (χ0n) is 10.4. The number of hydrogen-bond acceptors (Lipinski definition) is 6. The van der Waals surface area contributed by atoms with Crippen molar-refractivity contribution in [1.29, 1.82) is 5.26 Å². The number of anilines is 1. The van der Waals surface area contributed by atoms with Gasteiger partial charge in [-0.1, -0.05) is 17.7 Å². The van der Waals surface area contributed by atoms with E-state index in [0.29, 0.717) is 30.3 Å². The summed E-state index contributed by atoms with van der Waals surface area (Å²) in [5.74, 6) is 1.51. The second-order valence-corrected chi connectivity index (χ2v) is 5.25. The van der Waals surface area contributed by atoms with E-state index in [9.17, 15) is 0 Å². The first-order chi connectivity index (χ1) is 9.78. The maximum absolute atomic E-state index is 9.00. The minimum Gasteiger partial charge on any atom is -0.486 e. The van der Waals surface area contributed by atoms with E-state index in [-0.39, 0.29) is 5.15 Å². The van der Waals surface area contributed by atoms with Crippen LogP contribution in [0.1, 0.15) is 11.1 Å². The van der Waals surface area contributed by atoms with Gasteiger partial charge in [0.15, 0.2) is 16.7 Å². The predicted molar refractivity (Wildman–Crippen MR) is 76.6 cm³/mol. The number of rotatable bonds is 3. The standard InChI is InChI=1S/C13H10ClN3O2S/c14-12-9(6-15)13(20-17-12)16-7-8-1-2-10-11(5-8)19-4-3-18-10/h1-2,5,16H,3-4,7H2. The summed E-state index contributed by atoms with van der Waals surface area (Å²) in [5.41, 5.74) is 1.41. The highest BCUT2D eigenvalue weighted by molar-refractivity contribution is 7.10. The van der Waals surface area contributed by atoms with Crippen molar-refractivity contribution in [3.8, 4) is 17.6 Å². The molecule has 0 radical (unpaired) electrons. The number of nitrogens with zero attached hydrogens (tertiary/aromatic N) is 2. The lowest BCUT2D eigenvalue weighted by Crippen LogP contribution is -2.15. The van der Waals surface area contributed by atoms with Gasteiger partial charge >= 0.3 is 0 Å². The summed E-state index contributed by atoms with van der Waals surface area (Å²) >= 11 is 7.00. The smallest absolute Gasteiger partial charge is 0.162 e. The van der Waals surface area contributed by atoms with Crippen LogP contribution in [0.5, 0.6) is 11.5 Å². The summed E-state index contributed by atoms with van der Waals surface area (Å²) in [6, 6.07) is 7.80. The fourth-order valence-corrected chi connectivity index (χ4v) is 2.80. The van der Waals surface area contributed by atoms with Crippen LogP contribution in [0.15, 0.2) is 18.2 Å². The van der Waals surface area contributed by atoms with Gasteiger partial charge in [0.2, 0.25) is 0 Å². The number of halogens is 1. The highest BCUT2D eigenvalue weighted by Crippen LogP contribution is 2.32. The van der Waals surface area contributed by atoms with Crippen molar-refractivity contribution in [3.63, 3.8) is 0 Å². The molecule has 0 atom stereocenters. The first-order valence-electron chi connectivity index (χ1n) is 5.95. The lowest BCUT2D eigenvalue weighted by molar-refractivity contribution is 0.171. The van der Waals surface area contributed by atoms with Gasteiger partial charge in [-0.2, -0.15) is 9.64 Å². The normalized spacial score (nSPS) is 12.8. The van der Waals surface area contributed by atoms with Gasteiger partial charge in [-0.25, -0.2) is 0 Å². The Balaban J connectivity index is 1.74. The van der Waals surface area contributed by atoms with Gasteiger partial charge in [-0.05, 0) is 29.2 Å². The number of nitrogens with one attached hydrogen (secondary N) is 1. The summed E-state index contributed by atoms with van der Waals surface area (Å²) in [7, 11) is 0. The number of benzene rings is 1. The highest BCUT2D eigenvalue weighted by atomic mass is 35.5. The van der Waals surface area contributed by atoms with Crippen molar-refractivity contribution in [1.82, 2.24) is 4.37 Å². The van der Waals surface area contributed by atoms with Crippen LogP contribution in [0.25, 0.3) is 0 Å². The molecule has 0 amide bonds. The minimum absolute atomic E-state index is 0.238. The molecule has 0 bridgehead atoms. The summed E-state index contributed by atoms with van der Waals surface area (Å²) < 4.78 is 14.9. The van der Waals surface area contributed by atoms with Gasteiger partial charge < -0.3 is 14.8 Å². The summed E-state index contributed by atoms with van der Waals surface area (Å²) in [4.78, 5) is 0. The molecule has 0 unspecified atom stereocenters. The summed E-state index contributed by atoms with van der Waals surface area (Å²) in [6.07, 6.45) is 0. The quantitative estimate of drug-likeness (QED) is 0.944. The molecule has 1 N–H and O–H groups in total. The SMILES string of the molecule is N#Cc1c(Cl)nsc1NCc1ccc2c(c1)OCCO2. The Kier molecular flexibility index (Phi) is 3.63. The molecule has 20 heavy (non-hydrogen) atoms. The third kappa shape index (κ3) is 2.50. The van der Waals surface area contributed by atoms with Crippen LogP contribution in [0.3, 0.4) is 0 Å². The molecule has 1 aliphatic heterocycles. The molecular formula is C13H10ClN3O2S.